The number of benzene rings is 2. The largest absolute Gasteiger partial charge is 0.343 e. The number of carbonyl (C=O) groups excluding carboxylic acids is 1. The lowest BCUT2D eigenvalue weighted by Gasteiger charge is -2.18. The highest BCUT2D eigenvalue weighted by Gasteiger charge is 2.17. The van der Waals surface area contributed by atoms with Crippen LogP contribution in [0, 0.1) is 6.92 Å². The lowest BCUT2D eigenvalue weighted by atomic mass is 10.0. The van der Waals surface area contributed by atoms with Gasteiger partial charge in [-0.05, 0) is 36.8 Å². The molecular weight excluding hydrogens is 328 g/mol. The fraction of sp³-hybridized carbons (Fsp3) is 0.143. The Bertz CT molecular complexity index is 765. The van der Waals surface area contributed by atoms with Gasteiger partial charge < -0.3 is 5.32 Å². The third kappa shape index (κ3) is 4.94. The quantitative estimate of drug-likeness (QED) is 0.672. The highest BCUT2D eigenvalue weighted by atomic mass is 32.2. The minimum absolute atomic E-state index is 0.00918. The maximum Gasteiger partial charge on any atom is 0.231 e. The molecule has 3 rings (SSSR count). The lowest BCUT2D eigenvalue weighted by Crippen LogP contribution is -2.31. The number of carbonyl (C=O) groups is 1. The maximum absolute atomic E-state index is 12.5. The minimum atomic E-state index is -0.242. The van der Waals surface area contributed by atoms with E-state index in [4.69, 9.17) is 0 Å². The average molecular weight is 348 g/mol. The summed E-state index contributed by atoms with van der Waals surface area (Å²) in [4.78, 5) is 18.0. The minimum Gasteiger partial charge on any atom is -0.343 e. The van der Waals surface area contributed by atoms with Crippen molar-refractivity contribution in [2.75, 3.05) is 5.75 Å². The molecule has 1 heterocycles. The second-order valence-electron chi connectivity index (χ2n) is 5.77. The van der Waals surface area contributed by atoms with Gasteiger partial charge in [0, 0.05) is 11.1 Å². The fourth-order valence-corrected chi connectivity index (χ4v) is 3.22. The van der Waals surface area contributed by atoms with Crippen LogP contribution in [0.15, 0.2) is 83.9 Å². The van der Waals surface area contributed by atoms with Gasteiger partial charge in [0.05, 0.1) is 17.5 Å². The van der Waals surface area contributed by atoms with E-state index in [-0.39, 0.29) is 11.9 Å². The van der Waals surface area contributed by atoms with Crippen LogP contribution in [0.2, 0.25) is 0 Å². The van der Waals surface area contributed by atoms with Crippen LogP contribution in [-0.4, -0.2) is 16.6 Å². The van der Waals surface area contributed by atoms with Crippen LogP contribution in [-0.2, 0) is 4.79 Å². The van der Waals surface area contributed by atoms with Crippen LogP contribution in [0.25, 0.3) is 0 Å². The number of hydrogen-bond acceptors (Lipinski definition) is 3. The van der Waals surface area contributed by atoms with Crippen molar-refractivity contribution in [2.24, 2.45) is 0 Å². The van der Waals surface area contributed by atoms with Crippen molar-refractivity contribution >= 4 is 17.7 Å². The van der Waals surface area contributed by atoms with Gasteiger partial charge >= 0.3 is 0 Å². The first-order valence-electron chi connectivity index (χ1n) is 8.17. The van der Waals surface area contributed by atoms with Crippen LogP contribution >= 0.6 is 11.8 Å². The van der Waals surface area contributed by atoms with E-state index in [1.165, 1.54) is 17.3 Å². The molecule has 0 bridgehead atoms. The number of amides is 1. The van der Waals surface area contributed by atoms with Gasteiger partial charge in [0.25, 0.3) is 0 Å². The van der Waals surface area contributed by atoms with Gasteiger partial charge in [-0.1, -0.05) is 54.1 Å². The van der Waals surface area contributed by atoms with E-state index in [0.717, 1.165) is 16.2 Å². The first-order chi connectivity index (χ1) is 12.2. The van der Waals surface area contributed by atoms with E-state index in [2.05, 4.69) is 29.4 Å². The molecule has 1 amide bonds. The van der Waals surface area contributed by atoms with E-state index < -0.39 is 0 Å². The standard InChI is InChI=1S/C21H20N2OS/c1-16-10-12-18(13-11-16)25-15-20(24)23-21(17-7-3-2-4-8-17)19-9-5-6-14-22-19/h2-14,21H,15H2,1H3,(H,23,24). The summed E-state index contributed by atoms with van der Waals surface area (Å²) >= 11 is 1.54. The van der Waals surface area contributed by atoms with Crippen LogP contribution in [0.1, 0.15) is 22.9 Å². The first-order valence-corrected chi connectivity index (χ1v) is 9.15. The molecule has 0 aliphatic carbocycles. The van der Waals surface area contributed by atoms with Gasteiger partial charge in [-0.2, -0.15) is 0 Å². The summed E-state index contributed by atoms with van der Waals surface area (Å²) in [6.45, 7) is 2.05. The summed E-state index contributed by atoms with van der Waals surface area (Å²) in [6.07, 6.45) is 1.75. The molecule has 3 nitrogen and oxygen atoms in total. The summed E-state index contributed by atoms with van der Waals surface area (Å²) in [5.41, 5.74) is 3.07. The third-order valence-electron chi connectivity index (χ3n) is 3.81. The summed E-state index contributed by atoms with van der Waals surface area (Å²) in [7, 11) is 0. The normalized spacial score (nSPS) is 11.7. The number of nitrogens with zero attached hydrogens (tertiary/aromatic N) is 1. The Labute approximate surface area is 152 Å². The van der Waals surface area contributed by atoms with Crippen molar-refractivity contribution in [2.45, 2.75) is 17.9 Å². The molecule has 2 aromatic carbocycles. The summed E-state index contributed by atoms with van der Waals surface area (Å²) in [6, 6.07) is 23.6. The molecule has 126 valence electrons. The van der Waals surface area contributed by atoms with Crippen LogP contribution in [0.5, 0.6) is 0 Å². The number of aromatic nitrogens is 1. The Balaban J connectivity index is 1.69. The Morgan fingerprint density at radius 1 is 1.00 bits per heavy atom. The molecule has 3 aromatic rings. The van der Waals surface area contributed by atoms with Crippen molar-refractivity contribution in [3.05, 3.63) is 95.8 Å². The SMILES string of the molecule is Cc1ccc(SCC(=O)NC(c2ccccc2)c2ccccn2)cc1. The average Bonchev–Trinajstić information content (AvgIpc) is 2.67. The molecule has 0 aliphatic rings. The molecule has 0 saturated heterocycles. The van der Waals surface area contributed by atoms with Crippen LogP contribution in [0.4, 0.5) is 0 Å². The predicted molar refractivity (Wildman–Crippen MR) is 103 cm³/mol. The van der Waals surface area contributed by atoms with Gasteiger partial charge in [-0.25, -0.2) is 0 Å². The van der Waals surface area contributed by atoms with Crippen molar-refractivity contribution in [1.29, 1.82) is 0 Å². The Hall–Kier alpha value is -2.59. The molecule has 1 atom stereocenters. The molecule has 1 aromatic heterocycles. The molecule has 1 N–H and O–H groups in total. The fourth-order valence-electron chi connectivity index (χ4n) is 2.51. The molecule has 0 radical (unpaired) electrons. The summed E-state index contributed by atoms with van der Waals surface area (Å²) < 4.78 is 0. The monoisotopic (exact) mass is 348 g/mol. The van der Waals surface area contributed by atoms with Gasteiger partial charge in [0.2, 0.25) is 5.91 Å². The van der Waals surface area contributed by atoms with Crippen molar-refractivity contribution in [3.63, 3.8) is 0 Å². The van der Waals surface area contributed by atoms with Crippen molar-refractivity contribution in [3.8, 4) is 0 Å². The number of pyridine rings is 1. The topological polar surface area (TPSA) is 42.0 Å². The van der Waals surface area contributed by atoms with E-state index in [1.807, 2.05) is 60.7 Å². The second-order valence-corrected chi connectivity index (χ2v) is 6.82. The third-order valence-corrected chi connectivity index (χ3v) is 4.82. The molecule has 0 spiro atoms. The zero-order valence-electron chi connectivity index (χ0n) is 14.1. The van der Waals surface area contributed by atoms with Crippen molar-refractivity contribution < 1.29 is 4.79 Å². The van der Waals surface area contributed by atoms with Gasteiger partial charge in [-0.15, -0.1) is 11.8 Å². The Morgan fingerprint density at radius 3 is 2.40 bits per heavy atom. The first kappa shape index (κ1) is 17.2. The number of rotatable bonds is 6. The molecule has 1 unspecified atom stereocenters. The number of hydrogen-bond donors (Lipinski definition) is 1. The summed E-state index contributed by atoms with van der Waals surface area (Å²) in [5, 5.41) is 3.11. The number of thioether (sulfide) groups is 1. The van der Waals surface area contributed by atoms with Crippen LogP contribution < -0.4 is 5.32 Å². The van der Waals surface area contributed by atoms with Gasteiger partial charge in [0.15, 0.2) is 0 Å². The zero-order valence-corrected chi connectivity index (χ0v) is 14.9. The molecular formula is C21H20N2OS. The smallest absolute Gasteiger partial charge is 0.231 e. The van der Waals surface area contributed by atoms with Crippen molar-refractivity contribution in [1.82, 2.24) is 10.3 Å². The van der Waals surface area contributed by atoms with E-state index in [1.54, 1.807) is 6.20 Å². The van der Waals surface area contributed by atoms with E-state index in [9.17, 15) is 4.79 Å². The van der Waals surface area contributed by atoms with Gasteiger partial charge in [-0.3, -0.25) is 9.78 Å². The molecule has 0 saturated carbocycles. The number of aryl methyl sites for hydroxylation is 1. The highest BCUT2D eigenvalue weighted by molar-refractivity contribution is 8.00. The van der Waals surface area contributed by atoms with Crippen LogP contribution in [0.3, 0.4) is 0 Å². The Kier molecular flexibility index (Phi) is 5.86. The predicted octanol–water partition coefficient (Wildman–Crippen LogP) is 4.39. The molecule has 0 aliphatic heterocycles. The summed E-state index contributed by atoms with van der Waals surface area (Å²) in [5.74, 6) is 0.365. The zero-order chi connectivity index (χ0) is 17.5. The molecule has 25 heavy (non-hydrogen) atoms. The Morgan fingerprint density at radius 2 is 1.72 bits per heavy atom. The maximum atomic E-state index is 12.5. The van der Waals surface area contributed by atoms with E-state index in [0.29, 0.717) is 5.75 Å². The van der Waals surface area contributed by atoms with E-state index >= 15 is 0 Å². The lowest BCUT2D eigenvalue weighted by molar-refractivity contribution is -0.119. The van der Waals surface area contributed by atoms with Gasteiger partial charge in [0.1, 0.15) is 0 Å². The highest BCUT2D eigenvalue weighted by Crippen LogP contribution is 2.22. The molecule has 0 fully saturated rings. The molecule has 4 heteroatoms. The number of nitrogens with one attached hydrogen (secondary N) is 1. The second kappa shape index (κ2) is 8.49.